The zero-order valence-electron chi connectivity index (χ0n) is 14.1. The van der Waals surface area contributed by atoms with E-state index in [1.54, 1.807) is 0 Å². The summed E-state index contributed by atoms with van der Waals surface area (Å²) in [5, 5.41) is 0. The van der Waals surface area contributed by atoms with E-state index in [4.69, 9.17) is 0 Å². The van der Waals surface area contributed by atoms with Gasteiger partial charge in [-0.2, -0.15) is 17.2 Å². The molecule has 2 rings (SSSR count). The molecule has 0 N–H and O–H groups in total. The van der Waals surface area contributed by atoms with Gasteiger partial charge in [0.2, 0.25) is 0 Å². The molecule has 0 fully saturated rings. The van der Waals surface area contributed by atoms with Crippen molar-refractivity contribution in [1.29, 1.82) is 0 Å². The van der Waals surface area contributed by atoms with Gasteiger partial charge in [-0.25, -0.2) is 17.2 Å². The van der Waals surface area contributed by atoms with E-state index < -0.39 is 0 Å². The van der Waals surface area contributed by atoms with Crippen LogP contribution in [0.5, 0.6) is 0 Å². The molecule has 0 spiro atoms. The van der Waals surface area contributed by atoms with E-state index in [1.807, 2.05) is 0 Å². The molecule has 0 aromatic rings. The Hall–Kier alpha value is -0.297. The molecule has 0 atom stereocenters. The molecule has 21 heavy (non-hydrogen) atoms. The maximum absolute atomic E-state index is 3.44. The standard InChI is InChI=1S/C10H15.C8H11.2FH.Zr/c1-7-6-10(4,5)9(3)8(7)2;1-2-5-8-6-3-4-7-8;;;/h1-5H3;3,6H,2,4-5H2,1H3;2*1H;/q2*-1;;;+2. The molecule has 0 amide bonds. The summed E-state index contributed by atoms with van der Waals surface area (Å²) in [6.07, 6.45) is 14.5. The second kappa shape index (κ2) is 11.3. The van der Waals surface area contributed by atoms with Crippen LogP contribution in [-0.4, -0.2) is 0 Å². The van der Waals surface area contributed by atoms with Crippen LogP contribution in [0.3, 0.4) is 0 Å². The third kappa shape index (κ3) is 7.50. The summed E-state index contributed by atoms with van der Waals surface area (Å²) in [6.45, 7) is 13.1. The largest absolute Gasteiger partial charge is 2.00 e. The molecule has 0 nitrogen and oxygen atoms in total. The van der Waals surface area contributed by atoms with Crippen molar-refractivity contribution in [1.82, 2.24) is 0 Å². The summed E-state index contributed by atoms with van der Waals surface area (Å²) in [5.74, 6) is 0. The predicted molar refractivity (Wildman–Crippen MR) is 85.0 cm³/mol. The quantitative estimate of drug-likeness (QED) is 0.529. The van der Waals surface area contributed by atoms with E-state index in [1.165, 1.54) is 35.1 Å². The van der Waals surface area contributed by atoms with Crippen LogP contribution in [0.1, 0.15) is 60.8 Å². The Labute approximate surface area is 148 Å². The Morgan fingerprint density at radius 2 is 1.71 bits per heavy atom. The molecule has 0 saturated heterocycles. The Balaban J connectivity index is -0.000000274. The third-order valence-corrected chi connectivity index (χ3v) is 3.85. The van der Waals surface area contributed by atoms with Gasteiger partial charge >= 0.3 is 26.2 Å². The summed E-state index contributed by atoms with van der Waals surface area (Å²) in [5.41, 5.74) is 5.79. The summed E-state index contributed by atoms with van der Waals surface area (Å²) in [4.78, 5) is 0. The molecular formula is C18H28F2Zr. The monoisotopic (exact) mass is 372 g/mol. The van der Waals surface area contributed by atoms with Crippen molar-refractivity contribution in [3.05, 3.63) is 46.6 Å². The average molecular weight is 374 g/mol. The van der Waals surface area contributed by atoms with Gasteiger partial charge in [0, 0.05) is 0 Å². The molecule has 2 aliphatic carbocycles. The molecule has 0 aromatic heterocycles. The van der Waals surface area contributed by atoms with Crippen LogP contribution in [0.15, 0.2) is 34.4 Å². The predicted octanol–water partition coefficient (Wildman–Crippen LogP) is 5.89. The van der Waals surface area contributed by atoms with Crippen LogP contribution in [-0.2, 0) is 26.2 Å². The molecule has 0 aromatic carbocycles. The molecule has 0 saturated carbocycles. The minimum Gasteiger partial charge on any atom is -0.269 e. The van der Waals surface area contributed by atoms with Crippen molar-refractivity contribution in [2.24, 2.45) is 5.41 Å². The molecule has 0 bridgehead atoms. The van der Waals surface area contributed by atoms with E-state index in [0.717, 1.165) is 6.42 Å². The second-order valence-electron chi connectivity index (χ2n) is 5.68. The number of hydrogen-bond acceptors (Lipinski definition) is 0. The summed E-state index contributed by atoms with van der Waals surface area (Å²) < 4.78 is 0. The molecule has 0 unspecified atom stereocenters. The van der Waals surface area contributed by atoms with Crippen LogP contribution < -0.4 is 0 Å². The van der Waals surface area contributed by atoms with Crippen LogP contribution in [0.4, 0.5) is 9.41 Å². The van der Waals surface area contributed by atoms with Crippen LogP contribution in [0.25, 0.3) is 0 Å². The number of allylic oxidation sites excluding steroid dienone is 8. The van der Waals surface area contributed by atoms with Gasteiger partial charge in [-0.15, -0.1) is 13.3 Å². The molecule has 3 heteroatoms. The van der Waals surface area contributed by atoms with E-state index >= 15 is 0 Å². The van der Waals surface area contributed by atoms with Gasteiger partial charge in [0.15, 0.2) is 0 Å². The molecule has 0 heterocycles. The van der Waals surface area contributed by atoms with Gasteiger partial charge in [0.25, 0.3) is 0 Å². The third-order valence-electron chi connectivity index (χ3n) is 3.85. The first kappa shape index (κ1) is 25.6. The normalized spacial score (nSPS) is 17.6. The first-order valence-electron chi connectivity index (χ1n) is 6.94. The van der Waals surface area contributed by atoms with E-state index in [-0.39, 0.29) is 41.0 Å². The first-order chi connectivity index (χ1) is 8.38. The Morgan fingerprint density at radius 1 is 1.14 bits per heavy atom. The number of halogens is 2. The Kier molecular flexibility index (Phi) is 13.8. The van der Waals surface area contributed by atoms with Gasteiger partial charge in [-0.1, -0.05) is 52.9 Å². The van der Waals surface area contributed by atoms with Gasteiger partial charge in [-0.05, 0) is 0 Å². The fraction of sp³-hybridized carbons (Fsp3) is 0.556. The molecular weight excluding hydrogens is 345 g/mol. The van der Waals surface area contributed by atoms with E-state index in [0.29, 0.717) is 0 Å². The maximum atomic E-state index is 3.44. The summed E-state index contributed by atoms with van der Waals surface area (Å²) >= 11 is 0. The summed E-state index contributed by atoms with van der Waals surface area (Å²) in [7, 11) is 0. The summed E-state index contributed by atoms with van der Waals surface area (Å²) in [6, 6.07) is 0. The molecule has 0 aliphatic heterocycles. The Bertz CT molecular complexity index is 426. The fourth-order valence-electron chi connectivity index (χ4n) is 2.30. The van der Waals surface area contributed by atoms with Crippen LogP contribution >= 0.6 is 0 Å². The van der Waals surface area contributed by atoms with E-state index in [2.05, 4.69) is 65.8 Å². The van der Waals surface area contributed by atoms with Crippen molar-refractivity contribution >= 4 is 0 Å². The minimum atomic E-state index is 0. The fourth-order valence-corrected chi connectivity index (χ4v) is 2.30. The SMILES string of the molecule is CC1=[C-]C(C)(C)C(C)=C1C.CCCC1=[C-]CC=C1.F.F.[Zr+2]. The van der Waals surface area contributed by atoms with Crippen molar-refractivity contribution in [2.45, 2.75) is 60.8 Å². The smallest absolute Gasteiger partial charge is 0.269 e. The zero-order valence-corrected chi connectivity index (χ0v) is 16.6. The Morgan fingerprint density at radius 3 is 1.95 bits per heavy atom. The zero-order chi connectivity index (χ0) is 13.8. The van der Waals surface area contributed by atoms with Gasteiger partial charge in [0.05, 0.1) is 0 Å². The van der Waals surface area contributed by atoms with Gasteiger partial charge in [-0.3, -0.25) is 21.6 Å². The van der Waals surface area contributed by atoms with Crippen molar-refractivity contribution in [3.8, 4) is 0 Å². The van der Waals surface area contributed by atoms with Crippen molar-refractivity contribution in [2.75, 3.05) is 0 Å². The van der Waals surface area contributed by atoms with Gasteiger partial charge in [0.1, 0.15) is 0 Å². The van der Waals surface area contributed by atoms with Crippen molar-refractivity contribution in [3.63, 3.8) is 0 Å². The number of hydrogen-bond donors (Lipinski definition) is 0. The molecule has 0 radical (unpaired) electrons. The van der Waals surface area contributed by atoms with Gasteiger partial charge < -0.3 is 0 Å². The average Bonchev–Trinajstić information content (AvgIpc) is 2.85. The van der Waals surface area contributed by atoms with E-state index in [9.17, 15) is 0 Å². The molecule has 118 valence electrons. The topological polar surface area (TPSA) is 0 Å². The van der Waals surface area contributed by atoms with Crippen LogP contribution in [0, 0.1) is 17.6 Å². The number of rotatable bonds is 2. The van der Waals surface area contributed by atoms with Crippen LogP contribution in [0.2, 0.25) is 0 Å². The molecule has 2 aliphatic rings. The first-order valence-corrected chi connectivity index (χ1v) is 6.94. The second-order valence-corrected chi connectivity index (χ2v) is 5.68. The maximum Gasteiger partial charge on any atom is 2.00 e. The van der Waals surface area contributed by atoms with Crippen molar-refractivity contribution < 1.29 is 35.6 Å². The minimum absolute atomic E-state index is 0.